The van der Waals surface area contributed by atoms with E-state index in [0.29, 0.717) is 24.7 Å². The third-order valence-electron chi connectivity index (χ3n) is 5.19. The van der Waals surface area contributed by atoms with Crippen LogP contribution < -0.4 is 10.5 Å². The zero-order chi connectivity index (χ0) is 19.1. The normalized spacial score (nSPS) is 16.3. The standard InChI is InChI=1S/C21H19N5O2/c1-14-6-10-25-20(27)12-17(15-4-8-22-9-5-15)24-21(25)26(14)13-16-11-18-19(28-16)3-2-7-23-18/h2-5,7-9,11-12,14H,6,10,13H2,1H3. The second-order valence-electron chi connectivity index (χ2n) is 7.03. The van der Waals surface area contributed by atoms with Gasteiger partial charge in [-0.3, -0.25) is 19.3 Å². The molecule has 0 saturated heterocycles. The zero-order valence-electron chi connectivity index (χ0n) is 15.4. The summed E-state index contributed by atoms with van der Waals surface area (Å²) in [5.41, 5.74) is 3.08. The molecule has 5 rings (SSSR count). The molecule has 0 amide bonds. The van der Waals surface area contributed by atoms with E-state index in [9.17, 15) is 4.79 Å². The Morgan fingerprint density at radius 1 is 1.18 bits per heavy atom. The summed E-state index contributed by atoms with van der Waals surface area (Å²) in [5, 5.41) is 0. The molecular weight excluding hydrogens is 354 g/mol. The average Bonchev–Trinajstić information content (AvgIpc) is 3.13. The molecule has 7 nitrogen and oxygen atoms in total. The average molecular weight is 373 g/mol. The summed E-state index contributed by atoms with van der Waals surface area (Å²) in [6, 6.07) is 11.3. The Kier molecular flexibility index (Phi) is 3.93. The Bertz CT molecular complexity index is 1170. The highest BCUT2D eigenvalue weighted by atomic mass is 16.3. The van der Waals surface area contributed by atoms with Crippen molar-refractivity contribution < 1.29 is 4.42 Å². The number of furan rings is 1. The van der Waals surface area contributed by atoms with Crippen LogP contribution in [-0.2, 0) is 13.1 Å². The van der Waals surface area contributed by atoms with E-state index in [1.165, 1.54) is 0 Å². The van der Waals surface area contributed by atoms with E-state index >= 15 is 0 Å². The van der Waals surface area contributed by atoms with Crippen LogP contribution in [0.1, 0.15) is 19.1 Å². The molecular formula is C21H19N5O2. The van der Waals surface area contributed by atoms with Gasteiger partial charge in [0.05, 0.1) is 12.2 Å². The number of fused-ring (bicyclic) bond motifs is 2. The minimum Gasteiger partial charge on any atom is -0.457 e. The largest absolute Gasteiger partial charge is 0.457 e. The number of pyridine rings is 2. The zero-order valence-corrected chi connectivity index (χ0v) is 15.4. The van der Waals surface area contributed by atoms with E-state index < -0.39 is 0 Å². The van der Waals surface area contributed by atoms with Gasteiger partial charge in [0.25, 0.3) is 5.56 Å². The molecule has 0 fully saturated rings. The Morgan fingerprint density at radius 3 is 2.86 bits per heavy atom. The molecule has 5 heterocycles. The summed E-state index contributed by atoms with van der Waals surface area (Å²) in [5.74, 6) is 1.48. The summed E-state index contributed by atoms with van der Waals surface area (Å²) in [6.07, 6.45) is 6.04. The lowest BCUT2D eigenvalue weighted by atomic mass is 10.1. The van der Waals surface area contributed by atoms with Gasteiger partial charge in [-0.05, 0) is 37.6 Å². The van der Waals surface area contributed by atoms with Gasteiger partial charge in [-0.2, -0.15) is 0 Å². The molecule has 0 aromatic carbocycles. The summed E-state index contributed by atoms with van der Waals surface area (Å²) in [7, 11) is 0. The summed E-state index contributed by atoms with van der Waals surface area (Å²) in [4.78, 5) is 28.1. The highest BCUT2D eigenvalue weighted by Crippen LogP contribution is 2.28. The van der Waals surface area contributed by atoms with E-state index in [4.69, 9.17) is 9.40 Å². The smallest absolute Gasteiger partial charge is 0.255 e. The quantitative estimate of drug-likeness (QED) is 0.549. The van der Waals surface area contributed by atoms with Crippen molar-refractivity contribution in [1.29, 1.82) is 0 Å². The number of aromatic nitrogens is 4. The van der Waals surface area contributed by atoms with Gasteiger partial charge in [-0.25, -0.2) is 4.98 Å². The highest BCUT2D eigenvalue weighted by molar-refractivity contribution is 5.72. The first-order valence-electron chi connectivity index (χ1n) is 9.31. The number of hydrogen-bond acceptors (Lipinski definition) is 6. The van der Waals surface area contributed by atoms with Gasteiger partial charge >= 0.3 is 0 Å². The fourth-order valence-electron chi connectivity index (χ4n) is 3.66. The minimum absolute atomic E-state index is 0.0417. The molecule has 0 aliphatic carbocycles. The third kappa shape index (κ3) is 2.85. The van der Waals surface area contributed by atoms with Gasteiger partial charge in [0.15, 0.2) is 5.58 Å². The molecule has 28 heavy (non-hydrogen) atoms. The van der Waals surface area contributed by atoms with E-state index in [1.54, 1.807) is 29.2 Å². The lowest BCUT2D eigenvalue weighted by Crippen LogP contribution is -2.43. The predicted octanol–water partition coefficient (Wildman–Crippen LogP) is 3.25. The maximum Gasteiger partial charge on any atom is 0.255 e. The van der Waals surface area contributed by atoms with Crippen molar-refractivity contribution in [3.05, 3.63) is 71.1 Å². The lowest BCUT2D eigenvalue weighted by molar-refractivity contribution is 0.433. The van der Waals surface area contributed by atoms with Crippen LogP contribution in [-0.4, -0.2) is 25.6 Å². The molecule has 1 aliphatic heterocycles. The van der Waals surface area contributed by atoms with E-state index in [-0.39, 0.29) is 11.6 Å². The molecule has 7 heteroatoms. The van der Waals surface area contributed by atoms with Gasteiger partial charge in [0.2, 0.25) is 5.95 Å². The molecule has 140 valence electrons. The maximum atomic E-state index is 12.8. The van der Waals surface area contributed by atoms with Crippen molar-refractivity contribution in [3.63, 3.8) is 0 Å². The molecule has 1 atom stereocenters. The van der Waals surface area contributed by atoms with Gasteiger partial charge in [-0.1, -0.05) is 0 Å². The fraction of sp³-hybridized carbons (Fsp3) is 0.238. The summed E-state index contributed by atoms with van der Waals surface area (Å²) in [6.45, 7) is 3.34. The van der Waals surface area contributed by atoms with Crippen molar-refractivity contribution in [2.24, 2.45) is 0 Å². The first kappa shape index (κ1) is 16.7. The molecule has 4 aromatic rings. The Hall–Kier alpha value is -3.48. The first-order chi connectivity index (χ1) is 13.7. The summed E-state index contributed by atoms with van der Waals surface area (Å²) >= 11 is 0. The third-order valence-corrected chi connectivity index (χ3v) is 5.19. The number of hydrogen-bond donors (Lipinski definition) is 0. The van der Waals surface area contributed by atoms with Crippen LogP contribution in [0.15, 0.2) is 64.2 Å². The first-order valence-corrected chi connectivity index (χ1v) is 9.31. The lowest BCUT2D eigenvalue weighted by Gasteiger charge is -2.35. The van der Waals surface area contributed by atoms with Crippen LogP contribution in [0.4, 0.5) is 5.95 Å². The van der Waals surface area contributed by atoms with E-state index in [0.717, 1.165) is 28.8 Å². The molecule has 0 bridgehead atoms. The van der Waals surface area contributed by atoms with Gasteiger partial charge < -0.3 is 9.32 Å². The van der Waals surface area contributed by atoms with Crippen LogP contribution in [0, 0.1) is 0 Å². The topological polar surface area (TPSA) is 77.1 Å². The van der Waals surface area contributed by atoms with Gasteiger partial charge in [-0.15, -0.1) is 0 Å². The molecule has 1 unspecified atom stereocenters. The number of rotatable bonds is 3. The Labute approximate surface area is 161 Å². The van der Waals surface area contributed by atoms with E-state index in [2.05, 4.69) is 21.8 Å². The molecule has 0 radical (unpaired) electrons. The Morgan fingerprint density at radius 2 is 2.04 bits per heavy atom. The van der Waals surface area contributed by atoms with Crippen LogP contribution in [0.2, 0.25) is 0 Å². The van der Waals surface area contributed by atoms with Crippen LogP contribution in [0.5, 0.6) is 0 Å². The molecule has 4 aromatic heterocycles. The molecule has 1 aliphatic rings. The number of nitrogens with zero attached hydrogens (tertiary/aromatic N) is 5. The second-order valence-corrected chi connectivity index (χ2v) is 7.03. The van der Waals surface area contributed by atoms with Crippen molar-refractivity contribution >= 4 is 17.0 Å². The summed E-state index contributed by atoms with van der Waals surface area (Å²) < 4.78 is 7.69. The van der Waals surface area contributed by atoms with Crippen LogP contribution >= 0.6 is 0 Å². The van der Waals surface area contributed by atoms with Crippen molar-refractivity contribution in [1.82, 2.24) is 19.5 Å². The molecule has 0 N–H and O–H groups in total. The molecule has 0 spiro atoms. The monoisotopic (exact) mass is 373 g/mol. The predicted molar refractivity (Wildman–Crippen MR) is 106 cm³/mol. The van der Waals surface area contributed by atoms with Gasteiger partial charge in [0, 0.05) is 48.9 Å². The SMILES string of the molecule is CC1CCn2c(nc(-c3ccncc3)cc2=O)N1Cc1cc2ncccc2o1. The van der Waals surface area contributed by atoms with Crippen molar-refractivity contribution in [2.45, 2.75) is 32.5 Å². The second kappa shape index (κ2) is 6.60. The Balaban J connectivity index is 1.58. The maximum absolute atomic E-state index is 12.8. The van der Waals surface area contributed by atoms with Crippen LogP contribution in [0.3, 0.4) is 0 Å². The minimum atomic E-state index is -0.0417. The van der Waals surface area contributed by atoms with E-state index in [1.807, 2.05) is 30.3 Å². The van der Waals surface area contributed by atoms with Crippen LogP contribution in [0.25, 0.3) is 22.4 Å². The number of anilines is 1. The highest BCUT2D eigenvalue weighted by Gasteiger charge is 2.27. The van der Waals surface area contributed by atoms with Crippen molar-refractivity contribution in [3.8, 4) is 11.3 Å². The van der Waals surface area contributed by atoms with Crippen molar-refractivity contribution in [2.75, 3.05) is 4.90 Å². The van der Waals surface area contributed by atoms with Gasteiger partial charge in [0.1, 0.15) is 11.3 Å². The molecule has 0 saturated carbocycles. The fourth-order valence-corrected chi connectivity index (χ4v) is 3.66.